The number of methoxy groups -OCH3 is 1. The van der Waals surface area contributed by atoms with Gasteiger partial charge in [0.1, 0.15) is 11.5 Å². The van der Waals surface area contributed by atoms with Gasteiger partial charge in [-0.05, 0) is 12.1 Å². The van der Waals surface area contributed by atoms with E-state index < -0.39 is 5.76 Å². The van der Waals surface area contributed by atoms with Crippen LogP contribution in [0, 0.1) is 0 Å². The molecule has 0 unspecified atom stereocenters. The molecule has 0 aliphatic rings. The van der Waals surface area contributed by atoms with E-state index in [9.17, 15) is 13.6 Å². The Morgan fingerprint density at radius 1 is 1.45 bits per heavy atom. The molecule has 1 aromatic rings. The fourth-order valence-electron chi connectivity index (χ4n) is 1.39. The van der Waals surface area contributed by atoms with E-state index in [0.29, 0.717) is 43.0 Å². The van der Waals surface area contributed by atoms with Gasteiger partial charge in [-0.1, -0.05) is 11.8 Å². The molecule has 0 saturated carbocycles. The number of hydrogen-bond acceptors (Lipinski definition) is 5. The minimum absolute atomic E-state index is 0.134. The number of thioether (sulfide) groups is 1. The summed E-state index contributed by atoms with van der Waals surface area (Å²) in [6, 6.07) is 3.36. The second-order valence-corrected chi connectivity index (χ2v) is 4.86. The second-order valence-electron chi connectivity index (χ2n) is 3.89. The SMILES string of the molecule is COCCNC(=O)CNCc1ccc(CSC(F)F)o1. The Labute approximate surface area is 120 Å². The van der Waals surface area contributed by atoms with Crippen molar-refractivity contribution < 1.29 is 22.7 Å². The molecule has 1 amide bonds. The summed E-state index contributed by atoms with van der Waals surface area (Å²) >= 11 is 0.514. The lowest BCUT2D eigenvalue weighted by Gasteiger charge is -2.05. The number of carbonyl (C=O) groups is 1. The second kappa shape index (κ2) is 9.73. The molecule has 0 fully saturated rings. The molecule has 0 aromatic carbocycles. The van der Waals surface area contributed by atoms with Crippen molar-refractivity contribution in [1.82, 2.24) is 10.6 Å². The van der Waals surface area contributed by atoms with Crippen molar-refractivity contribution in [1.29, 1.82) is 0 Å². The number of rotatable bonds is 10. The van der Waals surface area contributed by atoms with Gasteiger partial charge in [0.25, 0.3) is 5.76 Å². The monoisotopic (exact) mass is 308 g/mol. The van der Waals surface area contributed by atoms with E-state index in [1.807, 2.05) is 0 Å². The maximum absolute atomic E-state index is 12.0. The van der Waals surface area contributed by atoms with Gasteiger partial charge in [0, 0.05) is 13.7 Å². The number of ether oxygens (including phenoxy) is 1. The molecular weight excluding hydrogens is 290 g/mol. The topological polar surface area (TPSA) is 63.5 Å². The molecule has 114 valence electrons. The summed E-state index contributed by atoms with van der Waals surface area (Å²) in [4.78, 5) is 11.3. The standard InChI is InChI=1S/C12H18F2N2O3S/c1-18-5-4-16-11(17)7-15-6-9-2-3-10(19-9)8-20-12(13)14/h2-3,12,15H,4-8H2,1H3,(H,16,17). The van der Waals surface area contributed by atoms with Gasteiger partial charge in [-0.3, -0.25) is 4.79 Å². The number of furan rings is 1. The summed E-state index contributed by atoms with van der Waals surface area (Å²) < 4.78 is 34.2. The van der Waals surface area contributed by atoms with Crippen LogP contribution in [0.3, 0.4) is 0 Å². The Morgan fingerprint density at radius 3 is 2.90 bits per heavy atom. The molecule has 0 bridgehead atoms. The van der Waals surface area contributed by atoms with E-state index in [0.717, 1.165) is 0 Å². The average molecular weight is 308 g/mol. The quantitative estimate of drug-likeness (QED) is 0.643. The summed E-state index contributed by atoms with van der Waals surface area (Å²) in [6.45, 7) is 1.46. The molecule has 2 N–H and O–H groups in total. The molecule has 0 aliphatic carbocycles. The number of halogens is 2. The van der Waals surface area contributed by atoms with Crippen molar-refractivity contribution in [2.45, 2.75) is 18.1 Å². The van der Waals surface area contributed by atoms with E-state index in [2.05, 4.69) is 10.6 Å². The van der Waals surface area contributed by atoms with Gasteiger partial charge in [0.15, 0.2) is 0 Å². The minimum atomic E-state index is -2.41. The Morgan fingerprint density at radius 2 is 2.20 bits per heavy atom. The van der Waals surface area contributed by atoms with E-state index in [4.69, 9.17) is 9.15 Å². The van der Waals surface area contributed by atoms with Crippen molar-refractivity contribution in [3.8, 4) is 0 Å². The highest BCUT2D eigenvalue weighted by Gasteiger charge is 2.07. The molecule has 0 spiro atoms. The number of alkyl halides is 2. The van der Waals surface area contributed by atoms with Crippen LogP contribution in [-0.2, 0) is 21.8 Å². The highest BCUT2D eigenvalue weighted by atomic mass is 32.2. The molecule has 0 radical (unpaired) electrons. The number of nitrogens with one attached hydrogen (secondary N) is 2. The number of carbonyl (C=O) groups excluding carboxylic acids is 1. The molecule has 1 rings (SSSR count). The largest absolute Gasteiger partial charge is 0.464 e. The number of amides is 1. The molecule has 1 heterocycles. The van der Waals surface area contributed by atoms with Crippen molar-refractivity contribution >= 4 is 17.7 Å². The van der Waals surface area contributed by atoms with Gasteiger partial charge in [-0.15, -0.1) is 0 Å². The first-order valence-electron chi connectivity index (χ1n) is 6.05. The average Bonchev–Trinajstić information content (AvgIpc) is 2.85. The third-order valence-electron chi connectivity index (χ3n) is 2.28. The molecule has 0 aliphatic heterocycles. The highest BCUT2D eigenvalue weighted by Crippen LogP contribution is 2.21. The van der Waals surface area contributed by atoms with Gasteiger partial charge >= 0.3 is 0 Å². The third kappa shape index (κ3) is 7.46. The van der Waals surface area contributed by atoms with E-state index in [-0.39, 0.29) is 18.2 Å². The molecular formula is C12H18F2N2O3S. The Bertz CT molecular complexity index is 402. The van der Waals surface area contributed by atoms with Crippen LogP contribution in [-0.4, -0.2) is 38.5 Å². The van der Waals surface area contributed by atoms with Crippen LogP contribution >= 0.6 is 11.8 Å². The maximum Gasteiger partial charge on any atom is 0.284 e. The van der Waals surface area contributed by atoms with E-state index in [1.165, 1.54) is 0 Å². The summed E-state index contributed by atoms with van der Waals surface area (Å²) in [5.74, 6) is -1.30. The zero-order valence-electron chi connectivity index (χ0n) is 11.2. The molecule has 0 saturated heterocycles. The van der Waals surface area contributed by atoms with Gasteiger partial charge < -0.3 is 19.8 Å². The summed E-state index contributed by atoms with van der Waals surface area (Å²) in [7, 11) is 1.56. The predicted molar refractivity (Wildman–Crippen MR) is 72.6 cm³/mol. The van der Waals surface area contributed by atoms with Crippen molar-refractivity contribution in [2.24, 2.45) is 0 Å². The summed E-state index contributed by atoms with van der Waals surface area (Å²) in [6.07, 6.45) is 0. The normalized spacial score (nSPS) is 11.0. The zero-order valence-corrected chi connectivity index (χ0v) is 12.0. The van der Waals surface area contributed by atoms with Gasteiger partial charge in [-0.2, -0.15) is 8.78 Å². The smallest absolute Gasteiger partial charge is 0.284 e. The Balaban J connectivity index is 2.17. The van der Waals surface area contributed by atoms with Crippen LogP contribution in [0.1, 0.15) is 11.5 Å². The lowest BCUT2D eigenvalue weighted by atomic mass is 10.4. The zero-order chi connectivity index (χ0) is 14.8. The minimum Gasteiger partial charge on any atom is -0.464 e. The first-order chi connectivity index (χ1) is 9.61. The van der Waals surface area contributed by atoms with Crippen LogP contribution in [0.5, 0.6) is 0 Å². The number of hydrogen-bond donors (Lipinski definition) is 2. The van der Waals surface area contributed by atoms with Crippen LogP contribution < -0.4 is 10.6 Å². The summed E-state index contributed by atoms with van der Waals surface area (Å²) in [5, 5.41) is 5.57. The molecule has 0 atom stereocenters. The maximum atomic E-state index is 12.0. The van der Waals surface area contributed by atoms with Gasteiger partial charge in [0.05, 0.1) is 25.4 Å². The van der Waals surface area contributed by atoms with Crippen LogP contribution in [0.25, 0.3) is 0 Å². The fourth-order valence-corrected chi connectivity index (χ4v) is 1.84. The predicted octanol–water partition coefficient (Wildman–Crippen LogP) is 1.59. The molecule has 5 nitrogen and oxygen atoms in total. The van der Waals surface area contributed by atoms with Crippen LogP contribution in [0.2, 0.25) is 0 Å². The first-order valence-corrected chi connectivity index (χ1v) is 7.10. The molecule has 20 heavy (non-hydrogen) atoms. The van der Waals surface area contributed by atoms with Crippen molar-refractivity contribution in [3.05, 3.63) is 23.7 Å². The van der Waals surface area contributed by atoms with Crippen LogP contribution in [0.4, 0.5) is 8.78 Å². The first kappa shape index (κ1) is 16.9. The Kier molecular flexibility index (Phi) is 8.24. The van der Waals surface area contributed by atoms with E-state index >= 15 is 0 Å². The lowest BCUT2D eigenvalue weighted by molar-refractivity contribution is -0.120. The Hall–Kier alpha value is -1.12. The van der Waals surface area contributed by atoms with E-state index in [1.54, 1.807) is 19.2 Å². The molecule has 1 aromatic heterocycles. The van der Waals surface area contributed by atoms with Gasteiger partial charge in [0.2, 0.25) is 5.91 Å². The fraction of sp³-hybridized carbons (Fsp3) is 0.583. The van der Waals surface area contributed by atoms with Crippen molar-refractivity contribution in [3.63, 3.8) is 0 Å². The van der Waals surface area contributed by atoms with Crippen molar-refractivity contribution in [2.75, 3.05) is 26.8 Å². The highest BCUT2D eigenvalue weighted by molar-refractivity contribution is 7.98. The third-order valence-corrected chi connectivity index (χ3v) is 2.99. The molecule has 8 heteroatoms. The van der Waals surface area contributed by atoms with Crippen LogP contribution in [0.15, 0.2) is 16.5 Å². The lowest BCUT2D eigenvalue weighted by Crippen LogP contribution is -2.35. The summed E-state index contributed by atoms with van der Waals surface area (Å²) in [5.41, 5.74) is 0. The van der Waals surface area contributed by atoms with Gasteiger partial charge in [-0.25, -0.2) is 0 Å².